The minimum atomic E-state index is -0.715. The first-order chi connectivity index (χ1) is 7.00. The Morgan fingerprint density at radius 2 is 2.07 bits per heavy atom. The normalized spacial score (nSPS) is 12.5. The molecule has 5 heteroatoms. The lowest BCUT2D eigenvalue weighted by Gasteiger charge is -2.11. The Morgan fingerprint density at radius 3 is 2.67 bits per heavy atom. The highest BCUT2D eigenvalue weighted by molar-refractivity contribution is 5.73. The highest BCUT2D eigenvalue weighted by Crippen LogP contribution is 2.19. The zero-order valence-electron chi connectivity index (χ0n) is 8.04. The summed E-state index contributed by atoms with van der Waals surface area (Å²) in [5, 5.41) is 0. The Labute approximate surface area is 86.1 Å². The predicted octanol–water partition coefficient (Wildman–Crippen LogP) is 1.23. The number of benzene rings is 1. The molecule has 1 amide bonds. The largest absolute Gasteiger partial charge is 0.370 e. The molecule has 0 aromatic heterocycles. The van der Waals surface area contributed by atoms with Gasteiger partial charge in [0.05, 0.1) is 0 Å². The van der Waals surface area contributed by atoms with E-state index in [2.05, 4.69) is 0 Å². The maximum atomic E-state index is 13.2. The van der Waals surface area contributed by atoms with Gasteiger partial charge < -0.3 is 11.5 Å². The van der Waals surface area contributed by atoms with Gasteiger partial charge in [0.25, 0.3) is 0 Å². The van der Waals surface area contributed by atoms with E-state index in [9.17, 15) is 13.6 Å². The van der Waals surface area contributed by atoms with Crippen molar-refractivity contribution in [1.82, 2.24) is 0 Å². The van der Waals surface area contributed by atoms with Crippen LogP contribution in [0.2, 0.25) is 0 Å². The molecule has 4 N–H and O–H groups in total. The van der Waals surface area contributed by atoms with Crippen LogP contribution in [0.1, 0.15) is 24.4 Å². The van der Waals surface area contributed by atoms with E-state index in [1.165, 1.54) is 0 Å². The van der Waals surface area contributed by atoms with Crippen LogP contribution in [0.15, 0.2) is 18.2 Å². The molecule has 0 heterocycles. The molecule has 0 aliphatic rings. The zero-order chi connectivity index (χ0) is 11.4. The Balaban J connectivity index is 2.76. The van der Waals surface area contributed by atoms with Crippen molar-refractivity contribution in [1.29, 1.82) is 0 Å². The van der Waals surface area contributed by atoms with Crippen LogP contribution in [0.5, 0.6) is 0 Å². The van der Waals surface area contributed by atoms with Crippen LogP contribution in [0.3, 0.4) is 0 Å². The molecule has 82 valence electrons. The number of hydrogen-bond acceptors (Lipinski definition) is 2. The second-order valence-electron chi connectivity index (χ2n) is 3.28. The van der Waals surface area contributed by atoms with Gasteiger partial charge >= 0.3 is 0 Å². The number of nitrogens with two attached hydrogens (primary N) is 2. The van der Waals surface area contributed by atoms with Gasteiger partial charge in [-0.25, -0.2) is 8.78 Å². The summed E-state index contributed by atoms with van der Waals surface area (Å²) in [5.74, 6) is -1.64. The third-order valence-corrected chi connectivity index (χ3v) is 2.06. The molecule has 0 saturated heterocycles. The van der Waals surface area contributed by atoms with Crippen molar-refractivity contribution in [3.8, 4) is 0 Å². The van der Waals surface area contributed by atoms with Crippen LogP contribution in [-0.4, -0.2) is 5.91 Å². The van der Waals surface area contributed by atoms with Crippen LogP contribution < -0.4 is 11.5 Å². The van der Waals surface area contributed by atoms with Crippen LogP contribution in [-0.2, 0) is 4.79 Å². The average molecular weight is 214 g/mol. The molecule has 0 radical (unpaired) electrons. The lowest BCUT2D eigenvalue weighted by atomic mass is 10.0. The number of rotatable bonds is 4. The van der Waals surface area contributed by atoms with Gasteiger partial charge in [0.2, 0.25) is 5.91 Å². The van der Waals surface area contributed by atoms with E-state index in [0.717, 1.165) is 18.2 Å². The van der Waals surface area contributed by atoms with Gasteiger partial charge in [0.15, 0.2) is 0 Å². The van der Waals surface area contributed by atoms with Crippen LogP contribution in [0, 0.1) is 11.6 Å². The molecule has 0 spiro atoms. The zero-order valence-corrected chi connectivity index (χ0v) is 8.04. The summed E-state index contributed by atoms with van der Waals surface area (Å²) in [6.07, 6.45) is 0.257. The van der Waals surface area contributed by atoms with E-state index >= 15 is 0 Å². The van der Waals surface area contributed by atoms with Crippen molar-refractivity contribution in [2.75, 3.05) is 0 Å². The summed E-state index contributed by atoms with van der Waals surface area (Å²) in [6.45, 7) is 0. The maximum absolute atomic E-state index is 13.2. The second kappa shape index (κ2) is 4.84. The Kier molecular flexibility index (Phi) is 3.74. The fraction of sp³-hybridized carbons (Fsp3) is 0.300. The molecular weight excluding hydrogens is 202 g/mol. The fourth-order valence-corrected chi connectivity index (χ4v) is 1.25. The number of carbonyl (C=O) groups excluding carboxylic acids is 1. The van der Waals surface area contributed by atoms with Gasteiger partial charge in [-0.15, -0.1) is 0 Å². The van der Waals surface area contributed by atoms with E-state index in [4.69, 9.17) is 11.5 Å². The molecule has 1 rings (SSSR count). The number of hydrogen-bond donors (Lipinski definition) is 2. The van der Waals surface area contributed by atoms with Crippen LogP contribution >= 0.6 is 0 Å². The van der Waals surface area contributed by atoms with Crippen molar-refractivity contribution in [3.05, 3.63) is 35.4 Å². The Bertz CT molecular complexity index is 368. The fourth-order valence-electron chi connectivity index (χ4n) is 1.25. The number of halogens is 2. The molecule has 0 aliphatic heterocycles. The van der Waals surface area contributed by atoms with Crippen LogP contribution in [0.25, 0.3) is 0 Å². The summed E-state index contributed by atoms with van der Waals surface area (Å²) in [4.78, 5) is 10.5. The van der Waals surface area contributed by atoms with E-state index in [-0.39, 0.29) is 18.4 Å². The Morgan fingerprint density at radius 1 is 1.40 bits per heavy atom. The first-order valence-electron chi connectivity index (χ1n) is 4.49. The van der Waals surface area contributed by atoms with Gasteiger partial charge in [-0.3, -0.25) is 4.79 Å². The van der Waals surface area contributed by atoms with E-state index in [1.54, 1.807) is 0 Å². The smallest absolute Gasteiger partial charge is 0.217 e. The maximum Gasteiger partial charge on any atom is 0.217 e. The number of primary amides is 1. The monoisotopic (exact) mass is 214 g/mol. The molecule has 0 fully saturated rings. The molecule has 1 aromatic rings. The summed E-state index contributed by atoms with van der Waals surface area (Å²) in [6, 6.07) is 2.34. The minimum absolute atomic E-state index is 0.0527. The van der Waals surface area contributed by atoms with Gasteiger partial charge in [0, 0.05) is 18.0 Å². The SMILES string of the molecule is NC(=O)CCC(N)c1cc(F)ccc1F. The highest BCUT2D eigenvalue weighted by Gasteiger charge is 2.13. The molecule has 1 unspecified atom stereocenters. The lowest BCUT2D eigenvalue weighted by molar-refractivity contribution is -0.118. The molecular formula is C10H12F2N2O. The van der Waals surface area contributed by atoms with Crippen molar-refractivity contribution < 1.29 is 13.6 Å². The van der Waals surface area contributed by atoms with Crippen molar-refractivity contribution in [3.63, 3.8) is 0 Å². The predicted molar refractivity (Wildman–Crippen MR) is 51.7 cm³/mol. The summed E-state index contributed by atoms with van der Waals surface area (Å²) < 4.78 is 26.0. The first kappa shape index (κ1) is 11.6. The van der Waals surface area contributed by atoms with Crippen molar-refractivity contribution in [2.45, 2.75) is 18.9 Å². The van der Waals surface area contributed by atoms with Gasteiger partial charge in [-0.05, 0) is 24.6 Å². The van der Waals surface area contributed by atoms with Gasteiger partial charge in [0.1, 0.15) is 11.6 Å². The minimum Gasteiger partial charge on any atom is -0.370 e. The highest BCUT2D eigenvalue weighted by atomic mass is 19.1. The molecule has 0 saturated carbocycles. The van der Waals surface area contributed by atoms with Crippen LogP contribution in [0.4, 0.5) is 8.78 Å². The quantitative estimate of drug-likeness (QED) is 0.791. The second-order valence-corrected chi connectivity index (χ2v) is 3.28. The summed E-state index contributed by atoms with van der Waals surface area (Å²) in [5.41, 5.74) is 10.6. The van der Waals surface area contributed by atoms with Gasteiger partial charge in [-0.1, -0.05) is 0 Å². The number of carbonyl (C=O) groups is 1. The standard InChI is InChI=1S/C10H12F2N2O/c11-6-1-2-8(12)7(5-6)9(13)3-4-10(14)15/h1-2,5,9H,3-4,13H2,(H2,14,15). The van der Waals surface area contributed by atoms with E-state index in [0.29, 0.717) is 0 Å². The van der Waals surface area contributed by atoms with Crippen molar-refractivity contribution in [2.24, 2.45) is 11.5 Å². The third-order valence-electron chi connectivity index (χ3n) is 2.06. The molecule has 1 aromatic carbocycles. The molecule has 15 heavy (non-hydrogen) atoms. The summed E-state index contributed by atoms with van der Waals surface area (Å²) >= 11 is 0. The first-order valence-corrected chi connectivity index (χ1v) is 4.49. The number of amides is 1. The lowest BCUT2D eigenvalue weighted by Crippen LogP contribution is -2.17. The molecule has 0 bridgehead atoms. The van der Waals surface area contributed by atoms with Crippen molar-refractivity contribution >= 4 is 5.91 Å². The van der Waals surface area contributed by atoms with E-state index in [1.807, 2.05) is 0 Å². The van der Waals surface area contributed by atoms with E-state index < -0.39 is 23.6 Å². The Hall–Kier alpha value is -1.49. The topological polar surface area (TPSA) is 69.1 Å². The van der Waals surface area contributed by atoms with Gasteiger partial charge in [-0.2, -0.15) is 0 Å². The molecule has 0 aliphatic carbocycles. The third kappa shape index (κ3) is 3.28. The average Bonchev–Trinajstić information content (AvgIpc) is 2.18. The molecule has 3 nitrogen and oxygen atoms in total. The molecule has 1 atom stereocenters. The summed E-state index contributed by atoms with van der Waals surface area (Å²) in [7, 11) is 0.